The molecule has 0 amide bonds. The highest BCUT2D eigenvalue weighted by Crippen LogP contribution is 2.64. The van der Waals surface area contributed by atoms with Crippen LogP contribution in [0, 0.1) is 0 Å². The molecule has 0 aromatic heterocycles. The summed E-state index contributed by atoms with van der Waals surface area (Å²) in [6, 6.07) is 74.0. The summed E-state index contributed by atoms with van der Waals surface area (Å²) in [6.45, 7) is 0. The minimum atomic E-state index is -0.445. The average molecular weight is 660 g/mol. The molecule has 0 bridgehead atoms. The van der Waals surface area contributed by atoms with Crippen LogP contribution in [0.25, 0.3) is 54.9 Å². The van der Waals surface area contributed by atoms with E-state index in [0.717, 1.165) is 17.1 Å². The topological polar surface area (TPSA) is 3.24 Å². The van der Waals surface area contributed by atoms with Crippen LogP contribution in [-0.2, 0) is 5.41 Å². The fraction of sp³-hybridized carbons (Fsp3) is 0.0196. The fourth-order valence-corrected chi connectivity index (χ4v) is 9.30. The van der Waals surface area contributed by atoms with Crippen molar-refractivity contribution < 1.29 is 0 Å². The zero-order valence-electron chi connectivity index (χ0n) is 28.5. The van der Waals surface area contributed by atoms with Crippen LogP contribution < -0.4 is 4.90 Å². The van der Waals surface area contributed by atoms with Gasteiger partial charge in [-0.2, -0.15) is 0 Å². The Labute approximate surface area is 303 Å². The van der Waals surface area contributed by atoms with Gasteiger partial charge in [-0.3, -0.25) is 0 Å². The van der Waals surface area contributed by atoms with E-state index in [1.807, 2.05) is 0 Å². The Bertz CT molecular complexity index is 2800. The van der Waals surface area contributed by atoms with Crippen LogP contribution in [0.3, 0.4) is 0 Å². The third-order valence-electron chi connectivity index (χ3n) is 11.5. The molecule has 0 fully saturated rings. The Balaban J connectivity index is 1.21. The molecule has 0 unspecified atom stereocenters. The summed E-state index contributed by atoms with van der Waals surface area (Å²) < 4.78 is 0. The Morgan fingerprint density at radius 1 is 0.327 bits per heavy atom. The van der Waals surface area contributed by atoms with E-state index in [1.54, 1.807) is 0 Å². The van der Waals surface area contributed by atoms with Gasteiger partial charge in [0.2, 0.25) is 0 Å². The van der Waals surface area contributed by atoms with Gasteiger partial charge in [-0.1, -0.05) is 170 Å². The third kappa shape index (κ3) is 3.99. The van der Waals surface area contributed by atoms with Crippen LogP contribution in [-0.4, -0.2) is 0 Å². The number of nitrogens with zero attached hydrogens (tertiary/aromatic N) is 1. The lowest BCUT2D eigenvalue weighted by Gasteiger charge is -2.32. The molecule has 0 saturated heterocycles. The molecule has 0 heterocycles. The smallest absolute Gasteiger partial charge is 0.0726 e. The Morgan fingerprint density at radius 2 is 0.904 bits per heavy atom. The molecule has 2 aliphatic carbocycles. The molecule has 1 heteroatoms. The fourth-order valence-electron chi connectivity index (χ4n) is 9.30. The van der Waals surface area contributed by atoms with Gasteiger partial charge in [-0.25, -0.2) is 0 Å². The summed E-state index contributed by atoms with van der Waals surface area (Å²) in [4.78, 5) is 2.46. The van der Waals surface area contributed by atoms with E-state index in [-0.39, 0.29) is 0 Å². The maximum atomic E-state index is 2.50. The van der Waals surface area contributed by atoms with E-state index in [2.05, 4.69) is 205 Å². The van der Waals surface area contributed by atoms with Crippen LogP contribution >= 0.6 is 0 Å². The van der Waals surface area contributed by atoms with Crippen LogP contribution in [0.15, 0.2) is 200 Å². The minimum Gasteiger partial charge on any atom is -0.310 e. The number of benzene rings is 9. The van der Waals surface area contributed by atoms with E-state index in [1.165, 1.54) is 77.2 Å². The number of fused-ring (bicyclic) bond motifs is 13. The summed E-state index contributed by atoms with van der Waals surface area (Å²) in [7, 11) is 0. The zero-order chi connectivity index (χ0) is 34.2. The second kappa shape index (κ2) is 11.2. The van der Waals surface area contributed by atoms with E-state index in [0.29, 0.717) is 0 Å². The molecule has 9 aromatic carbocycles. The highest BCUT2D eigenvalue weighted by atomic mass is 15.1. The zero-order valence-corrected chi connectivity index (χ0v) is 28.5. The van der Waals surface area contributed by atoms with E-state index < -0.39 is 5.41 Å². The molecule has 1 nitrogen and oxygen atoms in total. The molecule has 242 valence electrons. The molecular weight excluding hydrogens is 627 g/mol. The van der Waals surface area contributed by atoms with Crippen molar-refractivity contribution in [2.45, 2.75) is 5.41 Å². The highest BCUT2D eigenvalue weighted by molar-refractivity contribution is 6.07. The van der Waals surface area contributed by atoms with Gasteiger partial charge in [0.25, 0.3) is 0 Å². The molecule has 2 aliphatic rings. The van der Waals surface area contributed by atoms with E-state index >= 15 is 0 Å². The SMILES string of the molecule is c1ccc(-c2ccc(N(c3ccc4c(c3)C3(c5ccccc5-c5ccccc53)c3ccc5ccccc5c3-4)c3cccc4ccccc34)cc2)cc1. The first-order chi connectivity index (χ1) is 25.8. The lowest BCUT2D eigenvalue weighted by molar-refractivity contribution is 0.794. The van der Waals surface area contributed by atoms with E-state index in [9.17, 15) is 0 Å². The summed E-state index contributed by atoms with van der Waals surface area (Å²) in [6.07, 6.45) is 0. The average Bonchev–Trinajstić information content (AvgIpc) is 3.69. The number of anilines is 3. The Morgan fingerprint density at radius 3 is 1.65 bits per heavy atom. The Kier molecular flexibility index (Phi) is 6.23. The van der Waals surface area contributed by atoms with Crippen molar-refractivity contribution in [1.82, 2.24) is 0 Å². The van der Waals surface area contributed by atoms with Crippen molar-refractivity contribution in [3.63, 3.8) is 0 Å². The maximum absolute atomic E-state index is 2.50. The number of hydrogen-bond donors (Lipinski definition) is 0. The molecular formula is C51H33N. The molecule has 0 saturated carbocycles. The monoisotopic (exact) mass is 659 g/mol. The first-order valence-corrected chi connectivity index (χ1v) is 18.1. The second-order valence-electron chi connectivity index (χ2n) is 14.0. The second-order valence-corrected chi connectivity index (χ2v) is 14.0. The van der Waals surface area contributed by atoms with Crippen molar-refractivity contribution in [2.75, 3.05) is 4.90 Å². The molecule has 0 aliphatic heterocycles. The molecule has 0 atom stereocenters. The molecule has 0 radical (unpaired) electrons. The van der Waals surface area contributed by atoms with Crippen LogP contribution in [0.5, 0.6) is 0 Å². The Hall–Kier alpha value is -6.70. The van der Waals surface area contributed by atoms with Crippen molar-refractivity contribution in [1.29, 1.82) is 0 Å². The van der Waals surface area contributed by atoms with Gasteiger partial charge < -0.3 is 4.90 Å². The lowest BCUT2D eigenvalue weighted by Crippen LogP contribution is -2.26. The lowest BCUT2D eigenvalue weighted by atomic mass is 9.70. The van der Waals surface area contributed by atoms with Crippen molar-refractivity contribution in [2.24, 2.45) is 0 Å². The standard InChI is InChI=1S/C51H33N/c1-2-13-34(14-3-1)35-25-28-38(29-26-35)52(49-24-12-17-36-15-4-6-18-40(36)49)39-30-31-44-48(33-39)51(47-32-27-37-16-5-7-19-41(37)50(44)47)45-22-10-8-20-42(45)43-21-9-11-23-46(43)51/h1-33H. The molecule has 1 spiro atoms. The largest absolute Gasteiger partial charge is 0.310 e. The van der Waals surface area contributed by atoms with Gasteiger partial charge in [0.1, 0.15) is 0 Å². The van der Waals surface area contributed by atoms with Crippen LogP contribution in [0.2, 0.25) is 0 Å². The first kappa shape index (κ1) is 29.1. The van der Waals surface area contributed by atoms with Crippen molar-refractivity contribution in [3.8, 4) is 33.4 Å². The maximum Gasteiger partial charge on any atom is 0.0726 e. The predicted molar refractivity (Wildman–Crippen MR) is 218 cm³/mol. The van der Waals surface area contributed by atoms with Gasteiger partial charge in [0, 0.05) is 16.8 Å². The van der Waals surface area contributed by atoms with Gasteiger partial charge in [-0.15, -0.1) is 0 Å². The molecule has 0 N–H and O–H groups in total. The van der Waals surface area contributed by atoms with E-state index in [4.69, 9.17) is 0 Å². The normalized spacial score (nSPS) is 13.2. The van der Waals surface area contributed by atoms with Gasteiger partial charge in [-0.05, 0) is 102 Å². The van der Waals surface area contributed by atoms with Crippen molar-refractivity contribution >= 4 is 38.6 Å². The van der Waals surface area contributed by atoms with Crippen molar-refractivity contribution in [3.05, 3.63) is 222 Å². The molecule has 52 heavy (non-hydrogen) atoms. The number of rotatable bonds is 4. The molecule has 11 rings (SSSR count). The van der Waals surface area contributed by atoms with Gasteiger partial charge >= 0.3 is 0 Å². The first-order valence-electron chi connectivity index (χ1n) is 18.1. The third-order valence-corrected chi connectivity index (χ3v) is 11.5. The summed E-state index contributed by atoms with van der Waals surface area (Å²) in [5.41, 5.74) is 16.1. The van der Waals surface area contributed by atoms with Crippen LogP contribution in [0.4, 0.5) is 17.1 Å². The highest BCUT2D eigenvalue weighted by Gasteiger charge is 2.52. The number of hydrogen-bond acceptors (Lipinski definition) is 1. The summed E-state index contributed by atoms with van der Waals surface area (Å²) in [5.74, 6) is 0. The molecule has 9 aromatic rings. The van der Waals surface area contributed by atoms with Crippen LogP contribution in [0.1, 0.15) is 22.3 Å². The van der Waals surface area contributed by atoms with Gasteiger partial charge in [0.05, 0.1) is 11.1 Å². The minimum absolute atomic E-state index is 0.445. The summed E-state index contributed by atoms with van der Waals surface area (Å²) in [5, 5.41) is 5.01. The summed E-state index contributed by atoms with van der Waals surface area (Å²) >= 11 is 0. The quantitative estimate of drug-likeness (QED) is 0.182. The van der Waals surface area contributed by atoms with Gasteiger partial charge in [0.15, 0.2) is 0 Å². The predicted octanol–water partition coefficient (Wildman–Crippen LogP) is 13.5.